The number of aliphatic hydroxyl groups excluding tert-OH is 1. The van der Waals surface area contributed by atoms with E-state index in [4.69, 9.17) is 61.6 Å². The largest absolute Gasteiger partial charge is 0.491 e. The van der Waals surface area contributed by atoms with Crippen LogP contribution in [-0.4, -0.2) is 163 Å². The molecule has 1 unspecified atom stereocenters. The van der Waals surface area contributed by atoms with Gasteiger partial charge in [-0.1, -0.05) is 57.7 Å². The van der Waals surface area contributed by atoms with Crippen LogP contribution >= 0.6 is 0 Å². The fourth-order valence-electron chi connectivity index (χ4n) is 4.61. The molecule has 0 aromatic heterocycles. The molecule has 0 fully saturated rings. The highest BCUT2D eigenvalue weighted by Gasteiger charge is 2.04. The molecule has 1 N–H and O–H groups in total. The second-order valence-electron chi connectivity index (χ2n) is 12.1. The third-order valence-corrected chi connectivity index (χ3v) is 7.48. The Morgan fingerprint density at radius 3 is 1.28 bits per heavy atom. The Bertz CT molecular complexity index is 879. The lowest BCUT2D eigenvalue weighted by Gasteiger charge is -2.12. The Labute approximate surface area is 324 Å². The van der Waals surface area contributed by atoms with Gasteiger partial charge in [-0.15, -0.1) is 0 Å². The molecular weight excluding hydrogens is 704 g/mol. The lowest BCUT2D eigenvalue weighted by Crippen LogP contribution is -2.23. The lowest BCUT2D eigenvalue weighted by atomic mass is 10.0. The zero-order chi connectivity index (χ0) is 38.7. The normalized spacial score (nSPS) is 12.0. The van der Waals surface area contributed by atoms with Crippen molar-refractivity contribution in [2.75, 3.05) is 152 Å². The first-order valence-electron chi connectivity index (χ1n) is 19.7. The van der Waals surface area contributed by atoms with Gasteiger partial charge in [0.1, 0.15) is 18.5 Å². The van der Waals surface area contributed by atoms with Crippen LogP contribution in [0.15, 0.2) is 37.1 Å². The Balaban J connectivity index is 1.68. The van der Waals surface area contributed by atoms with Gasteiger partial charge in [0.25, 0.3) is 0 Å². The van der Waals surface area contributed by atoms with Gasteiger partial charge in [-0.25, -0.2) is 0 Å². The van der Waals surface area contributed by atoms with E-state index in [1.54, 1.807) is 0 Å². The second-order valence-corrected chi connectivity index (χ2v) is 12.1. The summed E-state index contributed by atoms with van der Waals surface area (Å²) in [6, 6.07) is 8.42. The van der Waals surface area contributed by atoms with Gasteiger partial charge in [0.2, 0.25) is 0 Å². The van der Waals surface area contributed by atoms with E-state index in [0.717, 1.165) is 12.2 Å². The van der Waals surface area contributed by atoms with Gasteiger partial charge >= 0.3 is 0 Å². The van der Waals surface area contributed by atoms with Crippen molar-refractivity contribution in [3.8, 4) is 5.75 Å². The highest BCUT2D eigenvalue weighted by atomic mass is 16.7. The maximum absolute atomic E-state index is 9.66. The van der Waals surface area contributed by atoms with Crippen LogP contribution in [0.4, 0.5) is 0 Å². The van der Waals surface area contributed by atoms with E-state index in [-0.39, 0.29) is 20.0 Å². The van der Waals surface area contributed by atoms with Crippen LogP contribution in [0.5, 0.6) is 5.75 Å². The van der Waals surface area contributed by atoms with Crippen molar-refractivity contribution in [3.05, 3.63) is 42.7 Å². The molecule has 0 spiro atoms. The van der Waals surface area contributed by atoms with Gasteiger partial charge in [-0.05, 0) is 30.5 Å². The average Bonchev–Trinajstić information content (AvgIpc) is 3.18. The van der Waals surface area contributed by atoms with E-state index in [2.05, 4.69) is 25.6 Å². The van der Waals surface area contributed by atoms with Crippen molar-refractivity contribution in [2.45, 2.75) is 58.0 Å². The van der Waals surface area contributed by atoms with Crippen LogP contribution in [0.2, 0.25) is 0 Å². The van der Waals surface area contributed by atoms with E-state index >= 15 is 0 Å². The van der Waals surface area contributed by atoms with Crippen molar-refractivity contribution in [1.82, 2.24) is 0 Å². The summed E-state index contributed by atoms with van der Waals surface area (Å²) in [5, 5.41) is 9.66. The van der Waals surface area contributed by atoms with Crippen LogP contribution in [0.1, 0.15) is 51.0 Å². The summed E-state index contributed by atoms with van der Waals surface area (Å²) in [5.41, 5.74) is 1.37. The number of benzene rings is 1. The summed E-state index contributed by atoms with van der Waals surface area (Å²) >= 11 is 0. The molecule has 1 aromatic rings. The Morgan fingerprint density at radius 2 is 0.852 bits per heavy atom. The molecule has 0 aliphatic carbocycles. The Kier molecular flexibility index (Phi) is 39.2. The zero-order valence-electron chi connectivity index (χ0n) is 33.1. The number of aryl methyl sites for hydroxylation is 1. The number of aliphatic hydroxyl groups is 1. The fourth-order valence-corrected chi connectivity index (χ4v) is 4.61. The third-order valence-electron chi connectivity index (χ3n) is 7.48. The average molecular weight is 777 g/mol. The molecule has 0 radical (unpaired) electrons. The number of hydrogen-bond donors (Lipinski definition) is 1. The summed E-state index contributed by atoms with van der Waals surface area (Å²) in [6.45, 7) is 15.8. The molecule has 0 aliphatic rings. The molecule has 1 aromatic carbocycles. The van der Waals surface area contributed by atoms with Gasteiger partial charge in [0.15, 0.2) is 6.79 Å². The Morgan fingerprint density at radius 1 is 0.481 bits per heavy atom. The molecule has 0 bridgehead atoms. The summed E-state index contributed by atoms with van der Waals surface area (Å²) in [5.74, 6) is 0.881. The van der Waals surface area contributed by atoms with Crippen molar-refractivity contribution in [1.29, 1.82) is 0 Å². The predicted molar refractivity (Wildman–Crippen MR) is 205 cm³/mol. The number of rotatable bonds is 45. The molecule has 316 valence electrons. The first-order valence-corrected chi connectivity index (χ1v) is 19.7. The van der Waals surface area contributed by atoms with Crippen molar-refractivity contribution >= 4 is 0 Å². The summed E-state index contributed by atoms with van der Waals surface area (Å²) < 4.78 is 70.4. The first kappa shape index (κ1) is 50.1. The standard InChI is InChI=1S/C40H72O14/c1-3-5-6-7-8-9-10-38-11-13-40(14-12-38)54-34-33-51-30-29-49-26-25-47-22-21-45-18-17-43-15-16-44-19-20-46-23-24-48-27-28-50-31-32-52-35-39(41)36-53-37-42-4-2/h4,11-14,39,41H,2-3,5-10,15-37H2,1H3. The maximum atomic E-state index is 9.66. The molecule has 0 aliphatic heterocycles. The first-order chi connectivity index (χ1) is 26.8. The van der Waals surface area contributed by atoms with Crippen molar-refractivity contribution < 1.29 is 66.7 Å². The van der Waals surface area contributed by atoms with Gasteiger partial charge in [-0.2, -0.15) is 0 Å². The maximum Gasteiger partial charge on any atom is 0.188 e. The quantitative estimate of drug-likeness (QED) is 0.0560. The van der Waals surface area contributed by atoms with Gasteiger partial charge in [0.05, 0.1) is 145 Å². The van der Waals surface area contributed by atoms with Crippen molar-refractivity contribution in [2.24, 2.45) is 0 Å². The molecule has 0 amide bonds. The molecule has 0 saturated carbocycles. The highest BCUT2D eigenvalue weighted by Crippen LogP contribution is 2.15. The SMILES string of the molecule is C=COCOCC(O)COCCOCCOCCOCCOCCOCCOCCOCCOCCOCCOc1ccc(CCCCCCCC)cc1. The smallest absolute Gasteiger partial charge is 0.188 e. The second kappa shape index (κ2) is 42.2. The summed E-state index contributed by atoms with van der Waals surface area (Å²) in [4.78, 5) is 0. The van der Waals surface area contributed by atoms with Crippen molar-refractivity contribution in [3.63, 3.8) is 0 Å². The zero-order valence-corrected chi connectivity index (χ0v) is 33.1. The van der Waals surface area contributed by atoms with E-state index in [1.165, 1.54) is 50.4 Å². The van der Waals surface area contributed by atoms with E-state index in [1.807, 2.05) is 12.1 Å². The van der Waals surface area contributed by atoms with Gasteiger partial charge < -0.3 is 66.7 Å². The summed E-state index contributed by atoms with van der Waals surface area (Å²) in [6.07, 6.45) is 9.62. The molecule has 54 heavy (non-hydrogen) atoms. The van der Waals surface area contributed by atoms with Crippen LogP contribution < -0.4 is 4.74 Å². The third kappa shape index (κ3) is 37.0. The molecular formula is C40H72O14. The topological polar surface area (TPSA) is 140 Å². The number of ether oxygens (including phenoxy) is 13. The monoisotopic (exact) mass is 776 g/mol. The molecule has 14 heteroatoms. The number of unbranched alkanes of at least 4 members (excludes halogenated alkanes) is 5. The minimum Gasteiger partial charge on any atom is -0.491 e. The molecule has 0 heterocycles. The Hall–Kier alpha value is -1.92. The van der Waals surface area contributed by atoms with Crippen LogP contribution in [0.25, 0.3) is 0 Å². The van der Waals surface area contributed by atoms with Crippen LogP contribution in [0, 0.1) is 0 Å². The van der Waals surface area contributed by atoms with Crippen LogP contribution in [-0.2, 0) is 63.3 Å². The minimum atomic E-state index is -0.718. The lowest BCUT2D eigenvalue weighted by molar-refractivity contribution is -0.0731. The van der Waals surface area contributed by atoms with Crippen LogP contribution in [0.3, 0.4) is 0 Å². The fraction of sp³-hybridized carbons (Fsp3) is 0.800. The molecule has 1 rings (SSSR count). The highest BCUT2D eigenvalue weighted by molar-refractivity contribution is 5.27. The molecule has 14 nitrogen and oxygen atoms in total. The van der Waals surface area contributed by atoms with E-state index in [9.17, 15) is 5.11 Å². The van der Waals surface area contributed by atoms with Gasteiger partial charge in [0, 0.05) is 0 Å². The van der Waals surface area contributed by atoms with Gasteiger partial charge in [-0.3, -0.25) is 0 Å². The van der Waals surface area contributed by atoms with E-state index in [0.29, 0.717) is 132 Å². The minimum absolute atomic E-state index is 0.0538. The molecule has 0 saturated heterocycles. The summed E-state index contributed by atoms with van der Waals surface area (Å²) in [7, 11) is 0. The predicted octanol–water partition coefficient (Wildman–Crippen LogP) is 4.63. The van der Waals surface area contributed by atoms with E-state index < -0.39 is 6.10 Å². The number of hydrogen-bond acceptors (Lipinski definition) is 14. The molecule has 1 atom stereocenters.